The van der Waals surface area contributed by atoms with Crippen molar-refractivity contribution < 1.29 is 14.3 Å². The molecule has 3 rings (SSSR count). The van der Waals surface area contributed by atoms with Gasteiger partial charge in [-0.15, -0.1) is 0 Å². The van der Waals surface area contributed by atoms with Crippen LogP contribution in [0.15, 0.2) is 54.7 Å². The maximum absolute atomic E-state index is 12.8. The third-order valence-corrected chi connectivity index (χ3v) is 3.14. The number of phenolic OH excluding ortho intramolecular Hbond substituents is 1. The molecule has 0 saturated heterocycles. The number of aromatic hydroxyl groups is 1. The van der Waals surface area contributed by atoms with Gasteiger partial charge in [0.2, 0.25) is 5.95 Å². The molecule has 0 aliphatic heterocycles. The number of anilines is 1. The molecule has 2 N–H and O–H groups in total. The zero-order valence-corrected chi connectivity index (χ0v) is 10.9. The normalized spacial score (nSPS) is 10.5. The molecule has 0 saturated carbocycles. The van der Waals surface area contributed by atoms with Crippen molar-refractivity contribution in [2.75, 3.05) is 5.32 Å². The number of halogens is 1. The molecule has 0 aliphatic carbocycles. The second-order valence-electron chi connectivity index (χ2n) is 4.50. The van der Waals surface area contributed by atoms with Crippen LogP contribution in [-0.2, 0) is 0 Å². The molecular weight excluding hydrogens is 271 g/mol. The Kier molecular flexibility index (Phi) is 3.23. The van der Waals surface area contributed by atoms with E-state index in [2.05, 4.69) is 10.3 Å². The van der Waals surface area contributed by atoms with E-state index in [0.29, 0.717) is 11.1 Å². The summed E-state index contributed by atoms with van der Waals surface area (Å²) >= 11 is 0. The van der Waals surface area contributed by atoms with Crippen LogP contribution >= 0.6 is 0 Å². The van der Waals surface area contributed by atoms with Crippen molar-refractivity contribution in [2.45, 2.75) is 0 Å². The highest BCUT2D eigenvalue weighted by Gasteiger charge is 2.10. The predicted molar refractivity (Wildman–Crippen MR) is 77.8 cm³/mol. The van der Waals surface area contributed by atoms with E-state index in [0.717, 1.165) is 11.5 Å². The van der Waals surface area contributed by atoms with Crippen LogP contribution in [0.5, 0.6) is 5.75 Å². The Morgan fingerprint density at radius 2 is 1.81 bits per heavy atom. The van der Waals surface area contributed by atoms with Gasteiger partial charge in [-0.05, 0) is 24.3 Å². The number of nitrogens with zero attached hydrogens (tertiary/aromatic N) is 1. The summed E-state index contributed by atoms with van der Waals surface area (Å²) in [5.41, 5.74) is 0.825. The molecule has 104 valence electrons. The first-order valence-corrected chi connectivity index (χ1v) is 6.29. The second kappa shape index (κ2) is 5.20. The van der Waals surface area contributed by atoms with Gasteiger partial charge in [0.05, 0.1) is 5.56 Å². The molecule has 4 nitrogen and oxygen atoms in total. The molecule has 1 aromatic heterocycles. The zero-order chi connectivity index (χ0) is 14.8. The highest BCUT2D eigenvalue weighted by Crippen LogP contribution is 2.29. The van der Waals surface area contributed by atoms with E-state index in [-0.39, 0.29) is 11.3 Å². The first kappa shape index (κ1) is 13.1. The van der Waals surface area contributed by atoms with Crippen LogP contribution in [-0.4, -0.2) is 16.0 Å². The molecule has 0 radical (unpaired) electrons. The molecule has 1 heterocycles. The van der Waals surface area contributed by atoms with Gasteiger partial charge in [0.15, 0.2) is 0 Å². The monoisotopic (exact) mass is 282 g/mol. The average molecular weight is 282 g/mol. The van der Waals surface area contributed by atoms with Gasteiger partial charge in [0, 0.05) is 22.7 Å². The Morgan fingerprint density at radius 1 is 1.05 bits per heavy atom. The minimum absolute atomic E-state index is 0.145. The Balaban J connectivity index is 1.96. The Morgan fingerprint density at radius 3 is 2.57 bits per heavy atom. The Hall–Kier alpha value is -2.95. The van der Waals surface area contributed by atoms with Crippen molar-refractivity contribution in [3.63, 3.8) is 0 Å². The summed E-state index contributed by atoms with van der Waals surface area (Å²) in [6.07, 6.45) is 1.17. The largest absolute Gasteiger partial charge is 0.507 e. The van der Waals surface area contributed by atoms with Crippen molar-refractivity contribution in [3.8, 4) is 5.75 Å². The number of rotatable bonds is 2. The number of aromatic nitrogens is 1. The quantitative estimate of drug-likeness (QED) is 0.709. The number of carbonyl (C=O) groups excluding carboxylic acids is 1. The van der Waals surface area contributed by atoms with Crippen LogP contribution < -0.4 is 5.32 Å². The fourth-order valence-electron chi connectivity index (χ4n) is 2.11. The Labute approximate surface area is 119 Å². The molecule has 2 aromatic carbocycles. The van der Waals surface area contributed by atoms with Crippen molar-refractivity contribution in [1.29, 1.82) is 0 Å². The smallest absolute Gasteiger partial charge is 0.257 e. The van der Waals surface area contributed by atoms with Crippen molar-refractivity contribution in [2.24, 2.45) is 0 Å². The minimum Gasteiger partial charge on any atom is -0.507 e. The van der Waals surface area contributed by atoms with Crippen LogP contribution in [0.25, 0.3) is 10.8 Å². The van der Waals surface area contributed by atoms with Crippen LogP contribution in [0.2, 0.25) is 0 Å². The third-order valence-electron chi connectivity index (χ3n) is 3.14. The van der Waals surface area contributed by atoms with Crippen LogP contribution in [0.1, 0.15) is 10.4 Å². The lowest BCUT2D eigenvalue weighted by molar-refractivity contribution is 0.102. The number of carbonyl (C=O) groups is 1. The summed E-state index contributed by atoms with van der Waals surface area (Å²) in [6.45, 7) is 0. The van der Waals surface area contributed by atoms with Gasteiger partial charge in [-0.1, -0.05) is 24.3 Å². The Bertz CT molecular complexity index is 816. The molecular formula is C16H11FN2O2. The first-order chi connectivity index (χ1) is 10.1. The van der Waals surface area contributed by atoms with E-state index in [1.165, 1.54) is 12.3 Å². The summed E-state index contributed by atoms with van der Waals surface area (Å²) in [5, 5.41) is 13.9. The summed E-state index contributed by atoms with van der Waals surface area (Å²) < 4.78 is 12.8. The summed E-state index contributed by atoms with van der Waals surface area (Å²) in [7, 11) is 0. The van der Waals surface area contributed by atoms with E-state index in [9.17, 15) is 14.3 Å². The van der Waals surface area contributed by atoms with Gasteiger partial charge >= 0.3 is 0 Å². The van der Waals surface area contributed by atoms with Gasteiger partial charge in [-0.3, -0.25) is 4.79 Å². The van der Waals surface area contributed by atoms with E-state index >= 15 is 0 Å². The number of phenols is 1. The number of hydrogen-bond donors (Lipinski definition) is 2. The zero-order valence-electron chi connectivity index (χ0n) is 10.9. The molecule has 0 spiro atoms. The van der Waals surface area contributed by atoms with Crippen LogP contribution in [0.3, 0.4) is 0 Å². The first-order valence-electron chi connectivity index (χ1n) is 6.29. The average Bonchev–Trinajstić information content (AvgIpc) is 2.49. The van der Waals surface area contributed by atoms with E-state index in [1.807, 2.05) is 0 Å². The highest BCUT2D eigenvalue weighted by molar-refractivity contribution is 6.09. The minimum atomic E-state index is -0.637. The van der Waals surface area contributed by atoms with Gasteiger partial charge in [-0.2, -0.15) is 4.39 Å². The number of fused-ring (bicyclic) bond motifs is 1. The SMILES string of the molecule is O=C(Nc1cccc2c(O)cccc12)c1ccc(F)nc1. The highest BCUT2D eigenvalue weighted by atomic mass is 19.1. The number of amides is 1. The molecule has 0 atom stereocenters. The third kappa shape index (κ3) is 2.53. The molecule has 0 bridgehead atoms. The lowest BCUT2D eigenvalue weighted by atomic mass is 10.1. The maximum atomic E-state index is 12.8. The molecule has 0 fully saturated rings. The van der Waals surface area contributed by atoms with Crippen LogP contribution in [0.4, 0.5) is 10.1 Å². The number of nitrogens with one attached hydrogen (secondary N) is 1. The summed E-state index contributed by atoms with van der Waals surface area (Å²) in [4.78, 5) is 15.6. The van der Waals surface area contributed by atoms with Crippen molar-refractivity contribution in [3.05, 3.63) is 66.2 Å². The number of pyridine rings is 1. The van der Waals surface area contributed by atoms with E-state index < -0.39 is 11.9 Å². The topological polar surface area (TPSA) is 62.2 Å². The van der Waals surface area contributed by atoms with Gasteiger partial charge in [-0.25, -0.2) is 4.98 Å². The number of benzene rings is 2. The van der Waals surface area contributed by atoms with E-state index in [1.54, 1.807) is 36.4 Å². The molecule has 0 unspecified atom stereocenters. The summed E-state index contributed by atoms with van der Waals surface area (Å²) in [6, 6.07) is 12.8. The lowest BCUT2D eigenvalue weighted by Crippen LogP contribution is -2.12. The van der Waals surface area contributed by atoms with Crippen molar-refractivity contribution >= 4 is 22.4 Å². The molecule has 1 amide bonds. The second-order valence-corrected chi connectivity index (χ2v) is 4.50. The number of hydrogen-bond acceptors (Lipinski definition) is 3. The lowest BCUT2D eigenvalue weighted by Gasteiger charge is -2.09. The maximum Gasteiger partial charge on any atom is 0.257 e. The molecule has 3 aromatic rings. The van der Waals surface area contributed by atoms with Gasteiger partial charge in [0.25, 0.3) is 5.91 Å². The molecule has 0 aliphatic rings. The van der Waals surface area contributed by atoms with Crippen molar-refractivity contribution in [1.82, 2.24) is 4.98 Å². The van der Waals surface area contributed by atoms with Crippen LogP contribution in [0, 0.1) is 5.95 Å². The van der Waals surface area contributed by atoms with Gasteiger partial charge in [0.1, 0.15) is 5.75 Å². The van der Waals surface area contributed by atoms with E-state index in [4.69, 9.17) is 0 Å². The van der Waals surface area contributed by atoms with Gasteiger partial charge < -0.3 is 10.4 Å². The molecule has 21 heavy (non-hydrogen) atoms. The standard InChI is InChI=1S/C16H11FN2O2/c17-15-8-7-10(9-18-15)16(21)19-13-5-1-4-12-11(13)3-2-6-14(12)20/h1-9,20H,(H,19,21). The molecule has 5 heteroatoms. The fourth-order valence-corrected chi connectivity index (χ4v) is 2.11. The fraction of sp³-hybridized carbons (Fsp3) is 0. The summed E-state index contributed by atoms with van der Waals surface area (Å²) in [5.74, 6) is -0.882. The predicted octanol–water partition coefficient (Wildman–Crippen LogP) is 3.33.